The molecule has 0 saturated heterocycles. The van der Waals surface area contributed by atoms with Gasteiger partial charge in [0.25, 0.3) is 0 Å². The molecule has 2 aliphatic rings. The molecule has 0 amide bonds. The fourth-order valence-electron chi connectivity index (χ4n) is 3.34. The maximum Gasteiger partial charge on any atom is 0.248 e. The molecule has 0 aromatic carbocycles. The highest BCUT2D eigenvalue weighted by molar-refractivity contribution is 5.27. The summed E-state index contributed by atoms with van der Waals surface area (Å²) in [4.78, 5) is 14.4. The van der Waals surface area contributed by atoms with Gasteiger partial charge >= 0.3 is 0 Å². The quantitative estimate of drug-likeness (QED) is 0.690. The lowest BCUT2D eigenvalue weighted by Gasteiger charge is -2.36. The van der Waals surface area contributed by atoms with Gasteiger partial charge in [-0.2, -0.15) is 0 Å². The Morgan fingerprint density at radius 2 is 2.00 bits per heavy atom. The molecule has 1 N–H and O–H groups in total. The van der Waals surface area contributed by atoms with Crippen LogP contribution in [0, 0.1) is 5.92 Å². The second-order valence-corrected chi connectivity index (χ2v) is 4.95. The normalized spacial score (nSPS) is 29.3. The van der Waals surface area contributed by atoms with Crippen molar-refractivity contribution in [1.29, 1.82) is 0 Å². The Bertz CT molecular complexity index is 421. The van der Waals surface area contributed by atoms with Crippen molar-refractivity contribution in [3.8, 4) is 0 Å². The first kappa shape index (κ1) is 9.20. The first-order valence-corrected chi connectivity index (χ1v) is 6.07. The van der Waals surface area contributed by atoms with Gasteiger partial charge in [-0.25, -0.2) is 0 Å². The molecule has 1 aromatic heterocycles. The SMILES string of the molecule is O=c1ccc2c([nH]1)[C@@H]1CCCC[C@H]1CC2. The fourth-order valence-corrected chi connectivity index (χ4v) is 3.34. The average Bonchev–Trinajstić information content (AvgIpc) is 2.29. The van der Waals surface area contributed by atoms with Crippen molar-refractivity contribution in [1.82, 2.24) is 4.98 Å². The van der Waals surface area contributed by atoms with Gasteiger partial charge in [0.1, 0.15) is 0 Å². The molecule has 1 fully saturated rings. The van der Waals surface area contributed by atoms with E-state index in [1.165, 1.54) is 43.4 Å². The monoisotopic (exact) mass is 203 g/mol. The van der Waals surface area contributed by atoms with Crippen LogP contribution >= 0.6 is 0 Å². The topological polar surface area (TPSA) is 32.9 Å². The van der Waals surface area contributed by atoms with E-state index in [1.807, 2.05) is 6.07 Å². The lowest BCUT2D eigenvalue weighted by atomic mass is 9.70. The number of hydrogen-bond donors (Lipinski definition) is 1. The molecule has 3 rings (SSSR count). The van der Waals surface area contributed by atoms with Crippen molar-refractivity contribution in [2.45, 2.75) is 44.4 Å². The molecule has 0 spiro atoms. The number of rotatable bonds is 0. The van der Waals surface area contributed by atoms with Crippen molar-refractivity contribution in [3.63, 3.8) is 0 Å². The predicted molar refractivity (Wildman–Crippen MR) is 60.1 cm³/mol. The maximum atomic E-state index is 11.4. The predicted octanol–water partition coefficient (Wildman–Crippen LogP) is 2.59. The number of aryl methyl sites for hydroxylation is 1. The summed E-state index contributed by atoms with van der Waals surface area (Å²) in [5, 5.41) is 0. The molecule has 15 heavy (non-hydrogen) atoms. The summed E-state index contributed by atoms with van der Waals surface area (Å²) in [6.45, 7) is 0. The smallest absolute Gasteiger partial charge is 0.248 e. The van der Waals surface area contributed by atoms with Gasteiger partial charge in [-0.05, 0) is 37.2 Å². The molecule has 2 atom stereocenters. The fraction of sp³-hybridized carbons (Fsp3) is 0.615. The van der Waals surface area contributed by atoms with E-state index in [4.69, 9.17) is 0 Å². The van der Waals surface area contributed by atoms with E-state index in [2.05, 4.69) is 4.98 Å². The summed E-state index contributed by atoms with van der Waals surface area (Å²) >= 11 is 0. The van der Waals surface area contributed by atoms with Gasteiger partial charge in [0.05, 0.1) is 0 Å². The summed E-state index contributed by atoms with van der Waals surface area (Å²) in [6, 6.07) is 3.70. The third-order valence-corrected chi connectivity index (χ3v) is 4.10. The van der Waals surface area contributed by atoms with Crippen LogP contribution in [0.5, 0.6) is 0 Å². The number of H-pyrrole nitrogens is 1. The highest BCUT2D eigenvalue weighted by atomic mass is 16.1. The molecule has 2 nitrogen and oxygen atoms in total. The minimum atomic E-state index is 0.0694. The van der Waals surface area contributed by atoms with E-state index in [0.717, 1.165) is 12.3 Å². The second kappa shape index (κ2) is 3.51. The van der Waals surface area contributed by atoms with Crippen LogP contribution in [-0.4, -0.2) is 4.98 Å². The van der Waals surface area contributed by atoms with Crippen LogP contribution in [0.15, 0.2) is 16.9 Å². The van der Waals surface area contributed by atoms with Crippen molar-refractivity contribution < 1.29 is 0 Å². The first-order chi connectivity index (χ1) is 7.34. The summed E-state index contributed by atoms with van der Waals surface area (Å²) in [5.74, 6) is 1.49. The number of aromatic amines is 1. The lowest BCUT2D eigenvalue weighted by Crippen LogP contribution is -2.27. The van der Waals surface area contributed by atoms with E-state index < -0.39 is 0 Å². The number of pyridine rings is 1. The Kier molecular flexibility index (Phi) is 2.15. The van der Waals surface area contributed by atoms with Crippen molar-refractivity contribution in [2.75, 3.05) is 0 Å². The second-order valence-electron chi connectivity index (χ2n) is 4.95. The molecule has 1 aromatic rings. The molecule has 0 radical (unpaired) electrons. The molecule has 1 heterocycles. The summed E-state index contributed by atoms with van der Waals surface area (Å²) in [5.41, 5.74) is 2.72. The highest BCUT2D eigenvalue weighted by Crippen LogP contribution is 2.43. The summed E-state index contributed by atoms with van der Waals surface area (Å²) in [6.07, 6.45) is 7.83. The third kappa shape index (κ3) is 1.52. The van der Waals surface area contributed by atoms with E-state index >= 15 is 0 Å². The Labute approximate surface area is 89.7 Å². The van der Waals surface area contributed by atoms with Crippen molar-refractivity contribution in [3.05, 3.63) is 33.7 Å². The van der Waals surface area contributed by atoms with Crippen LogP contribution in [0.1, 0.15) is 49.3 Å². The Balaban J connectivity index is 2.05. The van der Waals surface area contributed by atoms with Crippen LogP contribution in [0.4, 0.5) is 0 Å². The zero-order valence-corrected chi connectivity index (χ0v) is 8.96. The molecule has 0 aliphatic heterocycles. The number of nitrogens with one attached hydrogen (secondary N) is 1. The molecular formula is C13H17NO. The Hall–Kier alpha value is -1.05. The molecule has 80 valence electrons. The molecule has 0 unspecified atom stereocenters. The Morgan fingerprint density at radius 1 is 1.13 bits per heavy atom. The zero-order valence-electron chi connectivity index (χ0n) is 8.96. The van der Waals surface area contributed by atoms with E-state index in [-0.39, 0.29) is 5.56 Å². The van der Waals surface area contributed by atoms with Crippen LogP contribution in [0.3, 0.4) is 0 Å². The largest absolute Gasteiger partial charge is 0.326 e. The zero-order chi connectivity index (χ0) is 10.3. The Morgan fingerprint density at radius 3 is 2.93 bits per heavy atom. The first-order valence-electron chi connectivity index (χ1n) is 6.07. The summed E-state index contributed by atoms with van der Waals surface area (Å²) < 4.78 is 0. The molecule has 2 aliphatic carbocycles. The summed E-state index contributed by atoms with van der Waals surface area (Å²) in [7, 11) is 0. The van der Waals surface area contributed by atoms with E-state index in [0.29, 0.717) is 5.92 Å². The van der Waals surface area contributed by atoms with Gasteiger partial charge in [-0.3, -0.25) is 4.79 Å². The van der Waals surface area contributed by atoms with E-state index in [9.17, 15) is 4.79 Å². The number of aromatic nitrogens is 1. The van der Waals surface area contributed by atoms with Gasteiger partial charge in [0.2, 0.25) is 5.56 Å². The van der Waals surface area contributed by atoms with Crippen LogP contribution < -0.4 is 5.56 Å². The van der Waals surface area contributed by atoms with Crippen LogP contribution in [0.2, 0.25) is 0 Å². The molecular weight excluding hydrogens is 186 g/mol. The molecule has 1 saturated carbocycles. The van der Waals surface area contributed by atoms with Crippen LogP contribution in [0.25, 0.3) is 0 Å². The minimum Gasteiger partial charge on any atom is -0.326 e. The van der Waals surface area contributed by atoms with Gasteiger partial charge in [0, 0.05) is 17.7 Å². The molecule has 2 heteroatoms. The highest BCUT2D eigenvalue weighted by Gasteiger charge is 2.31. The third-order valence-electron chi connectivity index (χ3n) is 4.10. The van der Waals surface area contributed by atoms with Gasteiger partial charge in [0.15, 0.2) is 0 Å². The van der Waals surface area contributed by atoms with E-state index in [1.54, 1.807) is 6.07 Å². The number of hydrogen-bond acceptors (Lipinski definition) is 1. The van der Waals surface area contributed by atoms with Crippen molar-refractivity contribution in [2.24, 2.45) is 5.92 Å². The standard InChI is InChI=1S/C13H17NO/c15-12-8-7-10-6-5-9-3-1-2-4-11(9)13(10)14-12/h7-9,11H,1-6H2,(H,14,15)/t9-,11+/m0/s1. The van der Waals surface area contributed by atoms with Crippen molar-refractivity contribution >= 4 is 0 Å². The minimum absolute atomic E-state index is 0.0694. The maximum absolute atomic E-state index is 11.4. The van der Waals surface area contributed by atoms with Gasteiger partial charge in [-0.1, -0.05) is 18.9 Å². The lowest BCUT2D eigenvalue weighted by molar-refractivity contribution is 0.270. The van der Waals surface area contributed by atoms with Crippen LogP contribution in [-0.2, 0) is 6.42 Å². The average molecular weight is 203 g/mol. The number of fused-ring (bicyclic) bond motifs is 3. The van der Waals surface area contributed by atoms with Gasteiger partial charge in [-0.15, -0.1) is 0 Å². The van der Waals surface area contributed by atoms with Gasteiger partial charge < -0.3 is 4.98 Å². The molecule has 0 bridgehead atoms.